The summed E-state index contributed by atoms with van der Waals surface area (Å²) in [7, 11) is 0. The zero-order valence-corrected chi connectivity index (χ0v) is 15.6. The number of carbonyl (C=O) groups excluding carboxylic acids is 1. The molecule has 0 amide bonds. The molecule has 5 nitrogen and oxygen atoms in total. The number of nitrogens with zero attached hydrogens (tertiary/aromatic N) is 4. The van der Waals surface area contributed by atoms with Crippen LogP contribution in [0.5, 0.6) is 0 Å². The van der Waals surface area contributed by atoms with Crippen LogP contribution in [0.1, 0.15) is 30.2 Å². The largest absolute Gasteiger partial charge is 0.355 e. The van der Waals surface area contributed by atoms with Crippen molar-refractivity contribution in [3.05, 3.63) is 35.0 Å². The van der Waals surface area contributed by atoms with E-state index in [9.17, 15) is 4.79 Å². The van der Waals surface area contributed by atoms with Crippen LogP contribution in [0.25, 0.3) is 21.6 Å². The third-order valence-corrected chi connectivity index (χ3v) is 6.62. The Labute approximate surface area is 156 Å². The molecular weight excluding hydrogens is 344 g/mol. The van der Waals surface area contributed by atoms with Gasteiger partial charge in [-0.15, -0.1) is 11.3 Å². The summed E-state index contributed by atoms with van der Waals surface area (Å²) in [6.07, 6.45) is 7.65. The highest BCUT2D eigenvalue weighted by Crippen LogP contribution is 2.42. The van der Waals surface area contributed by atoms with Gasteiger partial charge >= 0.3 is 0 Å². The summed E-state index contributed by atoms with van der Waals surface area (Å²) in [5.74, 6) is 2.15. The quantitative estimate of drug-likeness (QED) is 0.694. The number of piperidine rings is 1. The highest BCUT2D eigenvalue weighted by molar-refractivity contribution is 7.19. The molecule has 1 aliphatic heterocycles. The molecule has 1 unspecified atom stereocenters. The summed E-state index contributed by atoms with van der Waals surface area (Å²) in [5.41, 5.74) is 2.37. The van der Waals surface area contributed by atoms with E-state index in [-0.39, 0.29) is 5.92 Å². The number of aromatic nitrogens is 3. The number of hydrogen-bond acceptors (Lipinski definition) is 6. The maximum absolute atomic E-state index is 12.0. The average molecular weight is 364 g/mol. The molecule has 0 N–H and O–H groups in total. The molecule has 5 rings (SSSR count). The van der Waals surface area contributed by atoms with Gasteiger partial charge in [-0.1, -0.05) is 6.92 Å². The van der Waals surface area contributed by atoms with E-state index in [2.05, 4.69) is 9.88 Å². The number of thiophene rings is 1. The van der Waals surface area contributed by atoms with Gasteiger partial charge in [0.15, 0.2) is 5.82 Å². The first-order chi connectivity index (χ1) is 12.7. The average Bonchev–Trinajstić information content (AvgIpc) is 3.25. The highest BCUT2D eigenvalue weighted by Gasteiger charge is 2.29. The Morgan fingerprint density at radius 1 is 1.23 bits per heavy atom. The lowest BCUT2D eigenvalue weighted by Gasteiger charge is -2.31. The number of carbonyl (C=O) groups is 1. The molecule has 2 aliphatic rings. The minimum atomic E-state index is 0.0577. The van der Waals surface area contributed by atoms with E-state index in [4.69, 9.17) is 9.97 Å². The fourth-order valence-corrected chi connectivity index (χ4v) is 5.29. The van der Waals surface area contributed by atoms with Crippen molar-refractivity contribution in [3.63, 3.8) is 0 Å². The van der Waals surface area contributed by atoms with Gasteiger partial charge in [0.2, 0.25) is 0 Å². The lowest BCUT2D eigenvalue weighted by molar-refractivity contribution is -0.122. The van der Waals surface area contributed by atoms with Crippen LogP contribution in [-0.2, 0) is 17.6 Å². The molecule has 0 bridgehead atoms. The summed E-state index contributed by atoms with van der Waals surface area (Å²) in [6, 6.07) is 3.92. The van der Waals surface area contributed by atoms with Gasteiger partial charge in [0, 0.05) is 48.3 Å². The fraction of sp³-hybridized carbons (Fsp3) is 0.400. The number of hydrogen-bond donors (Lipinski definition) is 0. The van der Waals surface area contributed by atoms with Gasteiger partial charge in [-0.2, -0.15) is 0 Å². The zero-order chi connectivity index (χ0) is 17.7. The smallest absolute Gasteiger partial charge is 0.164 e. The first-order valence-corrected chi connectivity index (χ1v) is 10.0. The molecule has 132 valence electrons. The normalized spacial score (nSPS) is 20.0. The number of Topliss-reactive ketones (excluding diaryl/α,β-unsaturated/α-hetero) is 1. The zero-order valence-electron chi connectivity index (χ0n) is 14.7. The number of rotatable bonds is 2. The van der Waals surface area contributed by atoms with E-state index in [1.165, 1.54) is 22.2 Å². The van der Waals surface area contributed by atoms with E-state index in [1.54, 1.807) is 6.20 Å². The standard InChI is InChI=1S/C20H20N4OS/c1-12-11-24(9-7-15(12)25)19-17-14-5-2-6-16(14)26-20(17)23-18(22-19)13-4-3-8-21-10-13/h3-4,8,10,12H,2,5-7,9,11H2,1H3. The van der Waals surface area contributed by atoms with Crippen molar-refractivity contribution in [2.45, 2.75) is 32.6 Å². The number of anilines is 1. The SMILES string of the molecule is CC1CN(c2nc(-c3cccnc3)nc3sc4c(c23)CCC4)CCC1=O. The van der Waals surface area contributed by atoms with Gasteiger partial charge in [0.25, 0.3) is 0 Å². The Morgan fingerprint density at radius 3 is 2.96 bits per heavy atom. The summed E-state index contributed by atoms with van der Waals surface area (Å²) in [5, 5.41) is 1.22. The number of ketones is 1. The van der Waals surface area contributed by atoms with Crippen LogP contribution in [0.2, 0.25) is 0 Å². The molecule has 1 atom stereocenters. The molecule has 0 saturated carbocycles. The molecule has 1 aliphatic carbocycles. The van der Waals surface area contributed by atoms with Crippen LogP contribution in [0.15, 0.2) is 24.5 Å². The summed E-state index contributed by atoms with van der Waals surface area (Å²) in [4.78, 5) is 30.9. The second-order valence-corrected chi connectivity index (χ2v) is 8.30. The monoisotopic (exact) mass is 364 g/mol. The molecule has 0 aromatic carbocycles. The topological polar surface area (TPSA) is 59.0 Å². The third-order valence-electron chi connectivity index (χ3n) is 5.44. The van der Waals surface area contributed by atoms with Crippen LogP contribution >= 0.6 is 11.3 Å². The van der Waals surface area contributed by atoms with Crippen LogP contribution < -0.4 is 4.90 Å². The van der Waals surface area contributed by atoms with E-state index >= 15 is 0 Å². The Kier molecular flexibility index (Phi) is 3.74. The molecular formula is C20H20N4OS. The van der Waals surface area contributed by atoms with E-state index in [1.807, 2.05) is 36.6 Å². The van der Waals surface area contributed by atoms with Crippen LogP contribution in [0.4, 0.5) is 5.82 Å². The highest BCUT2D eigenvalue weighted by atomic mass is 32.1. The van der Waals surface area contributed by atoms with Crippen molar-refractivity contribution in [1.82, 2.24) is 15.0 Å². The van der Waals surface area contributed by atoms with Crippen molar-refractivity contribution in [1.29, 1.82) is 0 Å². The predicted molar refractivity (Wildman–Crippen MR) is 104 cm³/mol. The maximum atomic E-state index is 12.0. The Hall–Kier alpha value is -2.34. The molecule has 1 fully saturated rings. The van der Waals surface area contributed by atoms with Gasteiger partial charge < -0.3 is 4.90 Å². The maximum Gasteiger partial charge on any atom is 0.164 e. The molecule has 1 saturated heterocycles. The molecule has 3 aromatic heterocycles. The lowest BCUT2D eigenvalue weighted by atomic mass is 9.98. The number of aryl methyl sites for hydroxylation is 2. The van der Waals surface area contributed by atoms with Crippen LogP contribution in [0.3, 0.4) is 0 Å². The van der Waals surface area contributed by atoms with Crippen molar-refractivity contribution in [2.75, 3.05) is 18.0 Å². The van der Waals surface area contributed by atoms with Crippen molar-refractivity contribution >= 4 is 33.2 Å². The lowest BCUT2D eigenvalue weighted by Crippen LogP contribution is -2.40. The first kappa shape index (κ1) is 15.9. The molecule has 3 aromatic rings. The Morgan fingerprint density at radius 2 is 2.15 bits per heavy atom. The fourth-order valence-electron chi connectivity index (χ4n) is 4.04. The van der Waals surface area contributed by atoms with Gasteiger partial charge in [0.05, 0.1) is 5.39 Å². The molecule has 6 heteroatoms. The van der Waals surface area contributed by atoms with Crippen molar-refractivity contribution in [3.8, 4) is 11.4 Å². The summed E-state index contributed by atoms with van der Waals surface area (Å²) < 4.78 is 0. The Balaban J connectivity index is 1.70. The van der Waals surface area contributed by atoms with Gasteiger partial charge in [-0.3, -0.25) is 9.78 Å². The Bertz CT molecular complexity index is 998. The second kappa shape index (κ2) is 6.13. The number of pyridine rings is 1. The van der Waals surface area contributed by atoms with E-state index < -0.39 is 0 Å². The second-order valence-electron chi connectivity index (χ2n) is 7.21. The first-order valence-electron chi connectivity index (χ1n) is 9.21. The molecule has 4 heterocycles. The van der Waals surface area contributed by atoms with Crippen molar-refractivity contribution in [2.24, 2.45) is 5.92 Å². The van der Waals surface area contributed by atoms with Crippen LogP contribution in [-0.4, -0.2) is 33.8 Å². The minimum Gasteiger partial charge on any atom is -0.355 e. The molecule has 0 radical (unpaired) electrons. The van der Waals surface area contributed by atoms with Gasteiger partial charge in [0.1, 0.15) is 16.4 Å². The summed E-state index contributed by atoms with van der Waals surface area (Å²) >= 11 is 1.81. The predicted octanol–water partition coefficient (Wildman–Crippen LogP) is 3.66. The molecule has 26 heavy (non-hydrogen) atoms. The van der Waals surface area contributed by atoms with Crippen LogP contribution in [0, 0.1) is 5.92 Å². The number of fused-ring (bicyclic) bond motifs is 3. The third kappa shape index (κ3) is 2.51. The van der Waals surface area contributed by atoms with E-state index in [0.717, 1.165) is 48.0 Å². The molecule has 0 spiro atoms. The van der Waals surface area contributed by atoms with Gasteiger partial charge in [-0.25, -0.2) is 9.97 Å². The van der Waals surface area contributed by atoms with Gasteiger partial charge in [-0.05, 0) is 37.0 Å². The minimum absolute atomic E-state index is 0.0577. The van der Waals surface area contributed by atoms with Crippen molar-refractivity contribution < 1.29 is 4.79 Å². The van der Waals surface area contributed by atoms with E-state index in [0.29, 0.717) is 12.2 Å². The summed E-state index contributed by atoms with van der Waals surface area (Å²) in [6.45, 7) is 3.50.